The van der Waals surface area contributed by atoms with Crippen molar-refractivity contribution in [2.24, 2.45) is 0 Å². The molecule has 1 unspecified atom stereocenters. The Morgan fingerprint density at radius 1 is 1.65 bits per heavy atom. The minimum Gasteiger partial charge on any atom is -0.383 e. The molecule has 4 nitrogen and oxygen atoms in total. The van der Waals surface area contributed by atoms with Crippen molar-refractivity contribution in [2.75, 3.05) is 19.0 Å². The number of hydrogen-bond donors (Lipinski definition) is 1. The van der Waals surface area contributed by atoms with E-state index in [9.17, 15) is 8.42 Å². The molecule has 1 N–H and O–H groups in total. The van der Waals surface area contributed by atoms with Gasteiger partial charge in [-0.25, -0.2) is 13.1 Å². The van der Waals surface area contributed by atoms with E-state index in [0.717, 1.165) is 11.3 Å². The highest BCUT2D eigenvalue weighted by Gasteiger charge is 2.22. The van der Waals surface area contributed by atoms with Crippen LogP contribution >= 0.6 is 54.8 Å². The standard InChI is InChI=1S/C8H10Br2ClNO3S2/c1-15-4-5(3-9)12-17(13,14)7-2-6(11)8(10)16-7/h2,5,12H,3-4H2,1H3. The highest BCUT2D eigenvalue weighted by molar-refractivity contribution is 9.11. The average Bonchev–Trinajstić information content (AvgIpc) is 2.59. The molecule has 0 aliphatic carbocycles. The van der Waals surface area contributed by atoms with E-state index in [-0.39, 0.29) is 10.3 Å². The molecule has 0 fully saturated rings. The maximum Gasteiger partial charge on any atom is 0.250 e. The number of ether oxygens (including phenoxy) is 1. The zero-order valence-corrected chi connectivity index (χ0v) is 14.3. The molecule has 1 aromatic rings. The van der Waals surface area contributed by atoms with Crippen LogP contribution in [0.15, 0.2) is 14.1 Å². The zero-order valence-electron chi connectivity index (χ0n) is 8.74. The molecule has 0 aromatic carbocycles. The summed E-state index contributed by atoms with van der Waals surface area (Å²) in [4.78, 5) is 0. The van der Waals surface area contributed by atoms with Crippen LogP contribution in [0.4, 0.5) is 0 Å². The van der Waals surface area contributed by atoms with Gasteiger partial charge in [-0.2, -0.15) is 0 Å². The summed E-state index contributed by atoms with van der Waals surface area (Å²) in [5.74, 6) is 0. The van der Waals surface area contributed by atoms with Gasteiger partial charge in [0.1, 0.15) is 4.21 Å². The number of alkyl halides is 1. The van der Waals surface area contributed by atoms with Crippen molar-refractivity contribution < 1.29 is 13.2 Å². The Bertz CT molecular complexity index is 458. The molecule has 1 heterocycles. The second-order valence-electron chi connectivity index (χ2n) is 3.11. The number of thiophene rings is 1. The van der Waals surface area contributed by atoms with Crippen LogP contribution in [0, 0.1) is 0 Å². The molecule has 1 atom stereocenters. The molecule has 0 aliphatic heterocycles. The van der Waals surface area contributed by atoms with Crippen molar-refractivity contribution in [1.82, 2.24) is 4.72 Å². The monoisotopic (exact) mass is 425 g/mol. The Morgan fingerprint density at radius 3 is 2.71 bits per heavy atom. The topological polar surface area (TPSA) is 55.4 Å². The Morgan fingerprint density at radius 2 is 2.29 bits per heavy atom. The highest BCUT2D eigenvalue weighted by Crippen LogP contribution is 2.34. The lowest BCUT2D eigenvalue weighted by Gasteiger charge is -2.14. The molecular formula is C8H10Br2ClNO3S2. The van der Waals surface area contributed by atoms with E-state index in [1.165, 1.54) is 13.2 Å². The Hall–Kier alpha value is 0.820. The Labute approximate surface area is 126 Å². The predicted octanol–water partition coefficient (Wildman–Crippen LogP) is 2.85. The molecule has 0 amide bonds. The van der Waals surface area contributed by atoms with Gasteiger partial charge in [-0.3, -0.25) is 0 Å². The van der Waals surface area contributed by atoms with Gasteiger partial charge in [-0.15, -0.1) is 11.3 Å². The summed E-state index contributed by atoms with van der Waals surface area (Å²) < 4.78 is 32.2. The predicted molar refractivity (Wildman–Crippen MR) is 76.8 cm³/mol. The average molecular weight is 428 g/mol. The SMILES string of the molecule is COCC(CBr)NS(=O)(=O)c1cc(Cl)c(Br)s1. The third-order valence-electron chi connectivity index (χ3n) is 1.76. The van der Waals surface area contributed by atoms with Crippen LogP contribution in [0.2, 0.25) is 5.02 Å². The maximum absolute atomic E-state index is 12.0. The number of methoxy groups -OCH3 is 1. The first kappa shape index (κ1) is 15.9. The molecule has 1 aromatic heterocycles. The van der Waals surface area contributed by atoms with Gasteiger partial charge in [-0.05, 0) is 22.0 Å². The summed E-state index contributed by atoms with van der Waals surface area (Å²) >= 11 is 13.3. The van der Waals surface area contributed by atoms with Gasteiger partial charge in [0.25, 0.3) is 0 Å². The van der Waals surface area contributed by atoms with Gasteiger partial charge < -0.3 is 4.74 Å². The van der Waals surface area contributed by atoms with E-state index in [4.69, 9.17) is 16.3 Å². The third-order valence-corrected chi connectivity index (χ3v) is 7.01. The first-order valence-electron chi connectivity index (χ1n) is 4.42. The number of nitrogens with one attached hydrogen (secondary N) is 1. The fourth-order valence-electron chi connectivity index (χ4n) is 1.05. The second kappa shape index (κ2) is 6.83. The normalized spacial score (nSPS) is 13.9. The molecule has 0 spiro atoms. The van der Waals surface area contributed by atoms with Crippen molar-refractivity contribution in [1.29, 1.82) is 0 Å². The Kier molecular flexibility index (Phi) is 6.38. The van der Waals surface area contributed by atoms with E-state index in [2.05, 4.69) is 36.6 Å². The molecule has 0 radical (unpaired) electrons. The minimum atomic E-state index is -3.55. The molecule has 17 heavy (non-hydrogen) atoms. The summed E-state index contributed by atoms with van der Waals surface area (Å²) in [6.45, 7) is 0.296. The van der Waals surface area contributed by atoms with Crippen LogP contribution in [0.3, 0.4) is 0 Å². The zero-order chi connectivity index (χ0) is 13.1. The van der Waals surface area contributed by atoms with Gasteiger partial charge in [0.15, 0.2) is 0 Å². The first-order valence-corrected chi connectivity index (χ1v) is 9.02. The molecule has 0 bridgehead atoms. The fraction of sp³-hybridized carbons (Fsp3) is 0.500. The van der Waals surface area contributed by atoms with Gasteiger partial charge >= 0.3 is 0 Å². The molecule has 0 saturated heterocycles. The summed E-state index contributed by atoms with van der Waals surface area (Å²) in [6.07, 6.45) is 0. The smallest absolute Gasteiger partial charge is 0.250 e. The molecule has 98 valence electrons. The van der Waals surface area contributed by atoms with E-state index in [0.29, 0.717) is 20.7 Å². The number of rotatable bonds is 6. The molecule has 1 rings (SSSR count). The molecule has 0 saturated carbocycles. The fourth-order valence-corrected chi connectivity index (χ4v) is 5.25. The van der Waals surface area contributed by atoms with Gasteiger partial charge in [0.2, 0.25) is 10.0 Å². The summed E-state index contributed by atoms with van der Waals surface area (Å²) in [7, 11) is -2.03. The minimum absolute atomic E-state index is 0.177. The van der Waals surface area contributed by atoms with Gasteiger partial charge in [0.05, 0.1) is 21.5 Å². The Balaban J connectivity index is 2.88. The lowest BCUT2D eigenvalue weighted by Crippen LogP contribution is -2.38. The van der Waals surface area contributed by atoms with Gasteiger partial charge in [0, 0.05) is 12.4 Å². The van der Waals surface area contributed by atoms with Crippen LogP contribution in [-0.4, -0.2) is 33.5 Å². The quantitative estimate of drug-likeness (QED) is 0.711. The summed E-state index contributed by atoms with van der Waals surface area (Å²) in [5.41, 5.74) is 0. The number of hydrogen-bond acceptors (Lipinski definition) is 4. The second-order valence-corrected chi connectivity index (χ2v) is 8.48. The van der Waals surface area contributed by atoms with Crippen molar-refractivity contribution in [3.8, 4) is 0 Å². The van der Waals surface area contributed by atoms with Crippen LogP contribution in [0.5, 0.6) is 0 Å². The van der Waals surface area contributed by atoms with Crippen molar-refractivity contribution >= 4 is 64.8 Å². The highest BCUT2D eigenvalue weighted by atomic mass is 79.9. The lowest BCUT2D eigenvalue weighted by atomic mass is 10.4. The lowest BCUT2D eigenvalue weighted by molar-refractivity contribution is 0.182. The summed E-state index contributed by atoms with van der Waals surface area (Å²) in [6, 6.07) is 1.10. The van der Waals surface area contributed by atoms with E-state index in [1.807, 2.05) is 0 Å². The van der Waals surface area contributed by atoms with E-state index < -0.39 is 10.0 Å². The van der Waals surface area contributed by atoms with E-state index >= 15 is 0 Å². The van der Waals surface area contributed by atoms with Crippen LogP contribution in [0.1, 0.15) is 0 Å². The van der Waals surface area contributed by atoms with Crippen molar-refractivity contribution in [3.05, 3.63) is 14.9 Å². The van der Waals surface area contributed by atoms with E-state index in [1.54, 1.807) is 0 Å². The van der Waals surface area contributed by atoms with Crippen LogP contribution in [0.25, 0.3) is 0 Å². The van der Waals surface area contributed by atoms with Crippen molar-refractivity contribution in [3.63, 3.8) is 0 Å². The molecule has 0 aliphatic rings. The molecule has 9 heteroatoms. The summed E-state index contributed by atoms with van der Waals surface area (Å²) in [5, 5.41) is 0.859. The third kappa shape index (κ3) is 4.45. The largest absolute Gasteiger partial charge is 0.383 e. The van der Waals surface area contributed by atoms with Gasteiger partial charge in [-0.1, -0.05) is 27.5 Å². The first-order chi connectivity index (χ1) is 7.90. The van der Waals surface area contributed by atoms with Crippen molar-refractivity contribution in [2.45, 2.75) is 10.3 Å². The molecular weight excluding hydrogens is 417 g/mol. The van der Waals surface area contributed by atoms with Crippen LogP contribution in [-0.2, 0) is 14.8 Å². The maximum atomic E-state index is 12.0. The number of sulfonamides is 1. The van der Waals surface area contributed by atoms with Crippen LogP contribution < -0.4 is 4.72 Å². The number of halogens is 3.